The van der Waals surface area contributed by atoms with Crippen molar-refractivity contribution < 1.29 is 5.11 Å². The second kappa shape index (κ2) is 5.67. The monoisotopic (exact) mass is 293 g/mol. The van der Waals surface area contributed by atoms with Crippen LogP contribution < -0.4 is 0 Å². The molecular formula is C17H24ClNO. The number of aryl methyl sites for hydroxylation is 1. The van der Waals surface area contributed by atoms with E-state index in [1.165, 1.54) is 18.4 Å². The van der Waals surface area contributed by atoms with Gasteiger partial charge in [0.25, 0.3) is 0 Å². The topological polar surface area (TPSA) is 23.5 Å². The molecule has 1 aromatic carbocycles. The number of hydrogen-bond donors (Lipinski definition) is 1. The summed E-state index contributed by atoms with van der Waals surface area (Å²) >= 11 is 6.20. The zero-order chi connectivity index (χ0) is 14.3. The van der Waals surface area contributed by atoms with Gasteiger partial charge >= 0.3 is 0 Å². The Bertz CT molecular complexity index is 476. The van der Waals surface area contributed by atoms with Gasteiger partial charge in [-0.25, -0.2) is 0 Å². The van der Waals surface area contributed by atoms with Gasteiger partial charge in [0.2, 0.25) is 0 Å². The average molecular weight is 294 g/mol. The van der Waals surface area contributed by atoms with Crippen molar-refractivity contribution in [3.8, 4) is 0 Å². The highest BCUT2D eigenvalue weighted by atomic mass is 35.5. The van der Waals surface area contributed by atoms with Crippen LogP contribution in [0.5, 0.6) is 0 Å². The van der Waals surface area contributed by atoms with Gasteiger partial charge < -0.3 is 5.11 Å². The van der Waals surface area contributed by atoms with Gasteiger partial charge in [-0.05, 0) is 68.7 Å². The highest BCUT2D eigenvalue weighted by Gasteiger charge is 2.42. The van der Waals surface area contributed by atoms with Crippen LogP contribution in [-0.2, 0) is 6.54 Å². The Morgan fingerprint density at radius 1 is 1.20 bits per heavy atom. The first-order valence-corrected chi connectivity index (χ1v) is 8.04. The third-order valence-electron chi connectivity index (χ3n) is 5.26. The molecule has 1 aromatic rings. The maximum absolute atomic E-state index is 9.72. The fourth-order valence-corrected chi connectivity index (χ4v) is 4.27. The van der Waals surface area contributed by atoms with Crippen LogP contribution in [0.15, 0.2) is 18.2 Å². The van der Waals surface area contributed by atoms with Gasteiger partial charge in [0, 0.05) is 17.6 Å². The summed E-state index contributed by atoms with van der Waals surface area (Å²) in [7, 11) is 2.22. The van der Waals surface area contributed by atoms with Gasteiger partial charge in [0.1, 0.15) is 0 Å². The van der Waals surface area contributed by atoms with Crippen molar-refractivity contribution in [2.75, 3.05) is 7.05 Å². The molecule has 2 aliphatic rings. The molecule has 1 N–H and O–H groups in total. The molecule has 2 unspecified atom stereocenters. The standard InChI is InChI=1S/C17H24ClNO/c1-11-3-4-12(5-17(11)18)10-19(2)15-6-13-8-16(20)9-14(13)7-15/h3-5,13-16,20H,6-10H2,1-2H3/t13-,14+,15?,16?. The molecule has 2 saturated carbocycles. The largest absolute Gasteiger partial charge is 0.393 e. The molecule has 0 bridgehead atoms. The van der Waals surface area contributed by atoms with Crippen molar-refractivity contribution in [2.45, 2.75) is 51.3 Å². The van der Waals surface area contributed by atoms with Gasteiger partial charge in [0.15, 0.2) is 0 Å². The van der Waals surface area contributed by atoms with Crippen LogP contribution in [0.4, 0.5) is 0 Å². The highest BCUT2D eigenvalue weighted by Crippen LogP contribution is 2.45. The Labute approximate surface area is 126 Å². The number of fused-ring (bicyclic) bond motifs is 1. The summed E-state index contributed by atoms with van der Waals surface area (Å²) in [5.74, 6) is 1.50. The van der Waals surface area contributed by atoms with E-state index in [2.05, 4.69) is 30.1 Å². The molecule has 0 heterocycles. The molecule has 3 rings (SSSR count). The average Bonchev–Trinajstić information content (AvgIpc) is 2.91. The van der Waals surface area contributed by atoms with Gasteiger partial charge in [-0.1, -0.05) is 23.7 Å². The summed E-state index contributed by atoms with van der Waals surface area (Å²) in [6.45, 7) is 3.01. The number of hydrogen-bond acceptors (Lipinski definition) is 2. The van der Waals surface area contributed by atoms with Crippen molar-refractivity contribution in [1.82, 2.24) is 4.90 Å². The van der Waals surface area contributed by atoms with E-state index in [0.29, 0.717) is 6.04 Å². The van der Waals surface area contributed by atoms with Gasteiger partial charge in [-0.2, -0.15) is 0 Å². The first kappa shape index (κ1) is 14.4. The van der Waals surface area contributed by atoms with E-state index in [1.54, 1.807) is 0 Å². The Kier molecular flexibility index (Phi) is 4.07. The van der Waals surface area contributed by atoms with E-state index in [4.69, 9.17) is 11.6 Å². The molecule has 4 atom stereocenters. The Morgan fingerprint density at radius 2 is 1.85 bits per heavy atom. The maximum Gasteiger partial charge on any atom is 0.0545 e. The predicted molar refractivity (Wildman–Crippen MR) is 82.9 cm³/mol. The van der Waals surface area contributed by atoms with Crippen LogP contribution >= 0.6 is 11.6 Å². The minimum absolute atomic E-state index is 0.0350. The van der Waals surface area contributed by atoms with Crippen molar-refractivity contribution in [1.29, 1.82) is 0 Å². The fraction of sp³-hybridized carbons (Fsp3) is 0.647. The van der Waals surface area contributed by atoms with E-state index in [9.17, 15) is 5.11 Å². The van der Waals surface area contributed by atoms with Crippen LogP contribution in [0.2, 0.25) is 5.02 Å². The van der Waals surface area contributed by atoms with Crippen LogP contribution in [0.3, 0.4) is 0 Å². The lowest BCUT2D eigenvalue weighted by Crippen LogP contribution is -2.29. The summed E-state index contributed by atoms with van der Waals surface area (Å²) in [6.07, 6.45) is 4.50. The second-order valence-electron chi connectivity index (χ2n) is 6.77. The first-order chi connectivity index (χ1) is 9.52. The number of aliphatic hydroxyl groups is 1. The van der Waals surface area contributed by atoms with Crippen LogP contribution in [-0.4, -0.2) is 29.2 Å². The second-order valence-corrected chi connectivity index (χ2v) is 7.18. The normalized spacial score (nSPS) is 32.9. The van der Waals surface area contributed by atoms with E-state index in [1.807, 2.05) is 6.92 Å². The minimum Gasteiger partial charge on any atom is -0.393 e. The lowest BCUT2D eigenvalue weighted by molar-refractivity contribution is 0.158. The predicted octanol–water partition coefficient (Wildman–Crippen LogP) is 3.63. The van der Waals surface area contributed by atoms with Gasteiger partial charge in [0.05, 0.1) is 6.10 Å². The van der Waals surface area contributed by atoms with E-state index < -0.39 is 0 Å². The number of aliphatic hydroxyl groups excluding tert-OH is 1. The van der Waals surface area contributed by atoms with Crippen molar-refractivity contribution in [3.63, 3.8) is 0 Å². The number of benzene rings is 1. The summed E-state index contributed by atoms with van der Waals surface area (Å²) < 4.78 is 0. The fourth-order valence-electron chi connectivity index (χ4n) is 4.06. The molecule has 3 heteroatoms. The Balaban J connectivity index is 1.60. The number of halogens is 1. The smallest absolute Gasteiger partial charge is 0.0545 e. The summed E-state index contributed by atoms with van der Waals surface area (Å²) in [6, 6.07) is 7.03. The molecule has 0 saturated heterocycles. The molecule has 20 heavy (non-hydrogen) atoms. The van der Waals surface area contributed by atoms with Crippen LogP contribution in [0, 0.1) is 18.8 Å². The summed E-state index contributed by atoms with van der Waals surface area (Å²) in [4.78, 5) is 2.46. The number of nitrogens with zero attached hydrogens (tertiary/aromatic N) is 1. The molecule has 0 aliphatic heterocycles. The Hall–Kier alpha value is -0.570. The summed E-state index contributed by atoms with van der Waals surface area (Å²) in [5.41, 5.74) is 2.43. The molecule has 0 aromatic heterocycles. The van der Waals surface area contributed by atoms with E-state index in [0.717, 1.165) is 41.8 Å². The molecule has 2 fully saturated rings. The lowest BCUT2D eigenvalue weighted by atomic mass is 10.0. The molecule has 110 valence electrons. The Morgan fingerprint density at radius 3 is 2.45 bits per heavy atom. The SMILES string of the molecule is Cc1ccc(CN(C)C2C[C@H]3CC(O)C[C@H]3C2)cc1Cl. The zero-order valence-electron chi connectivity index (χ0n) is 12.3. The zero-order valence-corrected chi connectivity index (χ0v) is 13.1. The number of rotatable bonds is 3. The molecule has 0 spiro atoms. The van der Waals surface area contributed by atoms with Crippen molar-refractivity contribution in [3.05, 3.63) is 34.3 Å². The van der Waals surface area contributed by atoms with E-state index >= 15 is 0 Å². The molecule has 2 nitrogen and oxygen atoms in total. The summed E-state index contributed by atoms with van der Waals surface area (Å²) in [5, 5.41) is 10.6. The van der Waals surface area contributed by atoms with Gasteiger partial charge in [-0.3, -0.25) is 4.90 Å². The van der Waals surface area contributed by atoms with E-state index in [-0.39, 0.29) is 6.10 Å². The first-order valence-electron chi connectivity index (χ1n) is 7.66. The van der Waals surface area contributed by atoms with Crippen molar-refractivity contribution in [2.24, 2.45) is 11.8 Å². The molecular weight excluding hydrogens is 270 g/mol. The van der Waals surface area contributed by atoms with Crippen LogP contribution in [0.25, 0.3) is 0 Å². The third kappa shape index (κ3) is 2.88. The molecule has 0 amide bonds. The molecule has 0 radical (unpaired) electrons. The third-order valence-corrected chi connectivity index (χ3v) is 5.66. The highest BCUT2D eigenvalue weighted by molar-refractivity contribution is 6.31. The minimum atomic E-state index is -0.0350. The molecule has 2 aliphatic carbocycles. The maximum atomic E-state index is 9.72. The quantitative estimate of drug-likeness (QED) is 0.920. The lowest BCUT2D eigenvalue weighted by Gasteiger charge is -2.25. The van der Waals surface area contributed by atoms with Gasteiger partial charge in [-0.15, -0.1) is 0 Å². The van der Waals surface area contributed by atoms with Crippen LogP contribution in [0.1, 0.15) is 36.8 Å². The van der Waals surface area contributed by atoms with Crippen molar-refractivity contribution >= 4 is 11.6 Å².